The summed E-state index contributed by atoms with van der Waals surface area (Å²) in [4.78, 5) is 26.4. The van der Waals surface area contributed by atoms with E-state index >= 15 is 0 Å². The Morgan fingerprint density at radius 3 is 2.31 bits per heavy atom. The molecule has 3 atom stereocenters. The molecule has 1 aliphatic carbocycles. The molecular formula is C24H32N2O3. The molecule has 3 unspecified atom stereocenters. The highest BCUT2D eigenvalue weighted by Crippen LogP contribution is 2.36. The normalized spacial score (nSPS) is 23.8. The predicted molar refractivity (Wildman–Crippen MR) is 114 cm³/mol. The van der Waals surface area contributed by atoms with Crippen molar-refractivity contribution >= 4 is 11.8 Å². The Kier molecular flexibility index (Phi) is 5.72. The molecule has 2 amide bonds. The number of carbonyl (C=O) groups is 2. The van der Waals surface area contributed by atoms with Gasteiger partial charge in [0.05, 0.1) is 17.7 Å². The van der Waals surface area contributed by atoms with Gasteiger partial charge < -0.3 is 4.74 Å². The van der Waals surface area contributed by atoms with Gasteiger partial charge in [0, 0.05) is 17.1 Å². The van der Waals surface area contributed by atoms with Crippen LogP contribution in [0.25, 0.3) is 0 Å². The van der Waals surface area contributed by atoms with Crippen LogP contribution < -0.4 is 5.43 Å². The first-order chi connectivity index (χ1) is 13.5. The van der Waals surface area contributed by atoms with Crippen LogP contribution in [0.2, 0.25) is 0 Å². The van der Waals surface area contributed by atoms with E-state index < -0.39 is 5.54 Å². The first-order valence-electron chi connectivity index (χ1n) is 10.3. The van der Waals surface area contributed by atoms with Crippen LogP contribution in [0.15, 0.2) is 41.5 Å². The van der Waals surface area contributed by atoms with E-state index in [4.69, 9.17) is 4.74 Å². The number of hydrazine groups is 1. The van der Waals surface area contributed by atoms with Gasteiger partial charge in [-0.25, -0.2) is 5.01 Å². The zero-order valence-corrected chi connectivity index (χ0v) is 18.5. The highest BCUT2D eigenvalue weighted by molar-refractivity contribution is 6.01. The van der Waals surface area contributed by atoms with Crippen LogP contribution in [0.4, 0.5) is 0 Å². The molecule has 1 saturated heterocycles. The maximum absolute atomic E-state index is 13.3. The number of benzene rings is 1. The molecule has 5 heteroatoms. The average molecular weight is 397 g/mol. The Bertz CT molecular complexity index is 872. The molecule has 1 aromatic carbocycles. The fraction of sp³-hybridized carbons (Fsp3) is 0.500. The Hall–Kier alpha value is -2.40. The van der Waals surface area contributed by atoms with Gasteiger partial charge >= 0.3 is 0 Å². The van der Waals surface area contributed by atoms with Gasteiger partial charge in [-0.15, -0.1) is 0 Å². The van der Waals surface area contributed by atoms with Crippen LogP contribution in [0.3, 0.4) is 0 Å². The molecule has 29 heavy (non-hydrogen) atoms. The minimum absolute atomic E-state index is 0.0611. The highest BCUT2D eigenvalue weighted by atomic mass is 16.5. The van der Waals surface area contributed by atoms with Crippen LogP contribution in [0.1, 0.15) is 62.5 Å². The lowest BCUT2D eigenvalue weighted by molar-refractivity contribution is -0.123. The first kappa shape index (κ1) is 21.3. The lowest BCUT2D eigenvalue weighted by Gasteiger charge is -2.36. The van der Waals surface area contributed by atoms with Gasteiger partial charge in [-0.05, 0) is 72.6 Å². The number of ether oxygens (including phenoxy) is 1. The summed E-state index contributed by atoms with van der Waals surface area (Å²) in [5, 5.41) is 1.43. The standard InChI is InChI=1S/C24H32N2O3/c1-14-10-15(2)12-19(11-14)23(28)26(24(5,6)7)25-22(27)20-9-8-18-13-16(3)29-21(18)17(20)4/h8-12,16,18,21H,13H2,1-7H3,(H,25,27). The van der Waals surface area contributed by atoms with Gasteiger partial charge in [0.25, 0.3) is 11.8 Å². The van der Waals surface area contributed by atoms with E-state index in [1.807, 2.05) is 65.8 Å². The number of nitrogens with zero attached hydrogens (tertiary/aromatic N) is 1. The van der Waals surface area contributed by atoms with Crippen molar-refractivity contribution in [3.05, 3.63) is 58.2 Å². The molecular weight excluding hydrogens is 364 g/mol. The Morgan fingerprint density at radius 2 is 1.72 bits per heavy atom. The molecule has 0 bridgehead atoms. The van der Waals surface area contributed by atoms with Crippen LogP contribution >= 0.6 is 0 Å². The third-order valence-corrected chi connectivity index (χ3v) is 5.53. The van der Waals surface area contributed by atoms with E-state index in [-0.39, 0.29) is 24.0 Å². The minimum Gasteiger partial charge on any atom is -0.370 e. The van der Waals surface area contributed by atoms with Crippen molar-refractivity contribution in [3.8, 4) is 0 Å². The number of aryl methyl sites for hydroxylation is 2. The lowest BCUT2D eigenvalue weighted by Crippen LogP contribution is -2.56. The smallest absolute Gasteiger partial charge is 0.272 e. The quantitative estimate of drug-likeness (QED) is 0.760. The van der Waals surface area contributed by atoms with Gasteiger partial charge in [0.2, 0.25) is 0 Å². The molecule has 5 nitrogen and oxygen atoms in total. The third-order valence-electron chi connectivity index (χ3n) is 5.53. The summed E-state index contributed by atoms with van der Waals surface area (Å²) in [5.41, 5.74) is 6.37. The maximum atomic E-state index is 13.3. The number of hydrogen-bond acceptors (Lipinski definition) is 3. The number of amides is 2. The van der Waals surface area contributed by atoms with Crippen molar-refractivity contribution < 1.29 is 14.3 Å². The Morgan fingerprint density at radius 1 is 1.10 bits per heavy atom. The molecule has 3 rings (SSSR count). The second kappa shape index (κ2) is 7.79. The van der Waals surface area contributed by atoms with E-state index in [2.05, 4.69) is 18.4 Å². The average Bonchev–Trinajstić information content (AvgIpc) is 2.98. The molecule has 2 aliphatic rings. The number of rotatable bonds is 2. The highest BCUT2D eigenvalue weighted by Gasteiger charge is 2.37. The van der Waals surface area contributed by atoms with E-state index in [9.17, 15) is 9.59 Å². The molecule has 156 valence electrons. The van der Waals surface area contributed by atoms with Crippen LogP contribution in [0, 0.1) is 19.8 Å². The fourth-order valence-electron chi connectivity index (χ4n) is 4.19. The number of fused-ring (bicyclic) bond motifs is 1. The Labute approximate surface area is 173 Å². The summed E-state index contributed by atoms with van der Waals surface area (Å²) >= 11 is 0. The van der Waals surface area contributed by atoms with Gasteiger partial charge in [-0.3, -0.25) is 15.0 Å². The summed E-state index contributed by atoms with van der Waals surface area (Å²) in [6.45, 7) is 13.6. The van der Waals surface area contributed by atoms with Crippen molar-refractivity contribution in [1.82, 2.24) is 10.4 Å². The van der Waals surface area contributed by atoms with Crippen molar-refractivity contribution in [2.24, 2.45) is 5.92 Å². The molecule has 0 radical (unpaired) electrons. The zero-order chi connectivity index (χ0) is 21.5. The van der Waals surface area contributed by atoms with Gasteiger partial charge in [-0.2, -0.15) is 0 Å². The number of carbonyl (C=O) groups excluding carboxylic acids is 2. The van der Waals surface area contributed by atoms with E-state index in [1.165, 1.54) is 5.01 Å². The molecule has 0 aromatic heterocycles. The second-order valence-corrected chi connectivity index (χ2v) is 9.35. The van der Waals surface area contributed by atoms with Gasteiger partial charge in [0.1, 0.15) is 0 Å². The molecule has 0 saturated carbocycles. The molecule has 1 fully saturated rings. The summed E-state index contributed by atoms with van der Waals surface area (Å²) in [5.74, 6) is -0.190. The van der Waals surface area contributed by atoms with Crippen molar-refractivity contribution in [2.45, 2.75) is 72.6 Å². The third kappa shape index (κ3) is 4.45. The SMILES string of the molecule is CC1=C(C(=O)NN(C(=O)c2cc(C)cc(C)c2)C(C)(C)C)C=CC2CC(C)OC12. The number of nitrogens with one attached hydrogen (secondary N) is 1. The topological polar surface area (TPSA) is 58.6 Å². The van der Waals surface area contributed by atoms with Crippen molar-refractivity contribution in [1.29, 1.82) is 0 Å². The molecule has 1 aliphatic heterocycles. The monoisotopic (exact) mass is 396 g/mol. The minimum atomic E-state index is -0.585. The fourth-order valence-corrected chi connectivity index (χ4v) is 4.19. The maximum Gasteiger partial charge on any atom is 0.272 e. The summed E-state index contributed by atoms with van der Waals surface area (Å²) in [6, 6.07) is 5.73. The first-order valence-corrected chi connectivity index (χ1v) is 10.3. The second-order valence-electron chi connectivity index (χ2n) is 9.35. The van der Waals surface area contributed by atoms with Crippen LogP contribution in [-0.2, 0) is 9.53 Å². The van der Waals surface area contributed by atoms with Crippen molar-refractivity contribution in [3.63, 3.8) is 0 Å². The summed E-state index contributed by atoms with van der Waals surface area (Å²) in [7, 11) is 0. The van der Waals surface area contributed by atoms with Crippen LogP contribution in [0.5, 0.6) is 0 Å². The van der Waals surface area contributed by atoms with Gasteiger partial charge in [0.15, 0.2) is 0 Å². The lowest BCUT2D eigenvalue weighted by atomic mass is 9.86. The largest absolute Gasteiger partial charge is 0.370 e. The van der Waals surface area contributed by atoms with E-state index in [0.717, 1.165) is 23.1 Å². The molecule has 1 N–H and O–H groups in total. The van der Waals surface area contributed by atoms with Crippen LogP contribution in [-0.4, -0.2) is 34.6 Å². The number of hydrogen-bond donors (Lipinski definition) is 1. The molecule has 1 heterocycles. The molecule has 0 spiro atoms. The van der Waals surface area contributed by atoms with E-state index in [1.54, 1.807) is 0 Å². The predicted octanol–water partition coefficient (Wildman–Crippen LogP) is 4.26. The molecule has 1 aromatic rings. The van der Waals surface area contributed by atoms with Crippen molar-refractivity contribution in [2.75, 3.05) is 0 Å². The summed E-state index contributed by atoms with van der Waals surface area (Å²) < 4.78 is 6.00. The summed E-state index contributed by atoms with van der Waals surface area (Å²) in [6.07, 6.45) is 5.02. The zero-order valence-electron chi connectivity index (χ0n) is 18.5. The Balaban J connectivity index is 1.87. The van der Waals surface area contributed by atoms with E-state index in [0.29, 0.717) is 17.1 Å². The van der Waals surface area contributed by atoms with Gasteiger partial charge in [-0.1, -0.05) is 29.3 Å².